The first-order chi connectivity index (χ1) is 13.7. The minimum absolute atomic E-state index is 0.0943. The fraction of sp³-hybridized carbons (Fsp3) is 0.333. The van der Waals surface area contributed by atoms with Gasteiger partial charge >= 0.3 is 0 Å². The molecule has 0 radical (unpaired) electrons. The van der Waals surface area contributed by atoms with Gasteiger partial charge in [0.15, 0.2) is 0 Å². The third-order valence-corrected chi connectivity index (χ3v) is 5.87. The number of methoxy groups -OCH3 is 1. The Morgan fingerprint density at radius 1 is 1.11 bits per heavy atom. The summed E-state index contributed by atoms with van der Waals surface area (Å²) in [5.41, 5.74) is 3.40. The molecule has 0 unspecified atom stereocenters. The normalized spacial score (nSPS) is 20.5. The number of rotatable bonds is 4. The molecular weight excluding hydrogens is 354 g/mol. The van der Waals surface area contributed by atoms with Crippen molar-refractivity contribution in [3.05, 3.63) is 54.4 Å². The van der Waals surface area contributed by atoms with E-state index < -0.39 is 0 Å². The average molecular weight is 375 g/mol. The highest BCUT2D eigenvalue weighted by Gasteiger charge is 2.40. The largest absolute Gasteiger partial charge is 0.497 e. The summed E-state index contributed by atoms with van der Waals surface area (Å²) >= 11 is 0. The van der Waals surface area contributed by atoms with Gasteiger partial charge in [-0.15, -0.1) is 5.10 Å². The predicted molar refractivity (Wildman–Crippen MR) is 103 cm³/mol. The molecule has 3 aromatic rings. The van der Waals surface area contributed by atoms with Crippen LogP contribution in [0.15, 0.2) is 48.8 Å². The number of likely N-dealkylation sites (tertiary alicyclic amines) is 1. The van der Waals surface area contributed by atoms with Crippen molar-refractivity contribution in [1.82, 2.24) is 25.1 Å². The van der Waals surface area contributed by atoms with E-state index in [4.69, 9.17) is 4.74 Å². The molecule has 2 aromatic carbocycles. The lowest BCUT2D eigenvalue weighted by Crippen LogP contribution is -2.37. The second-order valence-electron chi connectivity index (χ2n) is 7.54. The van der Waals surface area contributed by atoms with Crippen molar-refractivity contribution < 1.29 is 9.53 Å². The maximum absolute atomic E-state index is 13.3. The zero-order valence-corrected chi connectivity index (χ0v) is 15.7. The molecule has 1 aromatic heterocycles. The Labute approximate surface area is 162 Å². The Bertz CT molecular complexity index is 1000. The van der Waals surface area contributed by atoms with Crippen molar-refractivity contribution in [2.45, 2.75) is 25.3 Å². The van der Waals surface area contributed by atoms with Gasteiger partial charge in [0, 0.05) is 18.2 Å². The third-order valence-electron chi connectivity index (χ3n) is 5.87. The molecule has 5 rings (SSSR count). The number of hydrogen-bond acceptors (Lipinski definition) is 5. The molecule has 2 atom stereocenters. The molecule has 1 amide bonds. The first kappa shape index (κ1) is 16.9. The van der Waals surface area contributed by atoms with Crippen molar-refractivity contribution in [3.8, 4) is 22.6 Å². The van der Waals surface area contributed by atoms with Gasteiger partial charge < -0.3 is 9.64 Å². The fourth-order valence-electron chi connectivity index (χ4n) is 4.44. The lowest BCUT2D eigenvalue weighted by molar-refractivity contribution is 0.0703. The number of hydrogen-bond donors (Lipinski definition) is 0. The molecule has 1 aliphatic carbocycles. The summed E-state index contributed by atoms with van der Waals surface area (Å²) < 4.78 is 6.84. The molecule has 1 saturated heterocycles. The van der Waals surface area contributed by atoms with E-state index in [1.165, 1.54) is 6.42 Å². The van der Waals surface area contributed by atoms with Crippen LogP contribution < -0.4 is 4.74 Å². The molecule has 1 aliphatic heterocycles. The molecule has 142 valence electrons. The lowest BCUT2D eigenvalue weighted by atomic mass is 10.0. The van der Waals surface area contributed by atoms with E-state index in [9.17, 15) is 4.79 Å². The Balaban J connectivity index is 1.56. The molecule has 7 nitrogen and oxygen atoms in total. The molecule has 2 bridgehead atoms. The monoisotopic (exact) mass is 375 g/mol. The summed E-state index contributed by atoms with van der Waals surface area (Å²) in [5.74, 6) is 1.55. The zero-order valence-electron chi connectivity index (χ0n) is 15.7. The number of tetrazole rings is 1. The summed E-state index contributed by atoms with van der Waals surface area (Å²) in [6.07, 6.45) is 5.05. The lowest BCUT2D eigenvalue weighted by Gasteiger charge is -2.27. The summed E-state index contributed by atoms with van der Waals surface area (Å²) in [6.45, 7) is 0.872. The van der Waals surface area contributed by atoms with Crippen LogP contribution in [0.4, 0.5) is 0 Å². The predicted octanol–water partition coefficient (Wildman–Crippen LogP) is 2.96. The maximum atomic E-state index is 13.3. The number of carbonyl (C=O) groups excluding carboxylic acids is 1. The molecule has 2 aliphatic rings. The number of piperidine rings is 1. The van der Waals surface area contributed by atoms with Gasteiger partial charge in [-0.1, -0.05) is 12.1 Å². The van der Waals surface area contributed by atoms with Gasteiger partial charge in [-0.05, 0) is 77.1 Å². The summed E-state index contributed by atoms with van der Waals surface area (Å²) in [6, 6.07) is 14.0. The van der Waals surface area contributed by atoms with Crippen molar-refractivity contribution in [1.29, 1.82) is 0 Å². The second-order valence-corrected chi connectivity index (χ2v) is 7.54. The van der Waals surface area contributed by atoms with Crippen LogP contribution in [-0.2, 0) is 0 Å². The number of nitrogens with zero attached hydrogens (tertiary/aromatic N) is 5. The van der Waals surface area contributed by atoms with E-state index in [-0.39, 0.29) is 5.91 Å². The standard InChI is InChI=1S/C21H21N5O2/c1-28-20-6-3-15(4-7-20)16-9-17(11-19(10-16)26-13-22-23-24-26)21(27)25-12-14-2-5-18(25)8-14/h3-4,6-7,9-11,13-14,18H,2,5,8,12H2,1H3/t14-,18-/m1/s1. The molecular formula is C21H21N5O2. The van der Waals surface area contributed by atoms with Crippen LogP contribution in [-0.4, -0.2) is 50.7 Å². The third kappa shape index (κ3) is 2.93. The van der Waals surface area contributed by atoms with E-state index in [0.29, 0.717) is 17.5 Å². The van der Waals surface area contributed by atoms with Crippen LogP contribution in [0.5, 0.6) is 5.75 Å². The molecule has 2 fully saturated rings. The van der Waals surface area contributed by atoms with Crippen LogP contribution in [0.1, 0.15) is 29.6 Å². The molecule has 2 heterocycles. The second kappa shape index (κ2) is 6.74. The van der Waals surface area contributed by atoms with Gasteiger partial charge in [-0.25, -0.2) is 4.68 Å². The van der Waals surface area contributed by atoms with Crippen molar-refractivity contribution in [2.24, 2.45) is 5.92 Å². The van der Waals surface area contributed by atoms with E-state index in [1.54, 1.807) is 18.1 Å². The first-order valence-corrected chi connectivity index (χ1v) is 9.55. The minimum Gasteiger partial charge on any atom is -0.497 e. The Morgan fingerprint density at radius 2 is 1.96 bits per heavy atom. The summed E-state index contributed by atoms with van der Waals surface area (Å²) in [4.78, 5) is 15.3. The minimum atomic E-state index is 0.0943. The van der Waals surface area contributed by atoms with Crippen LogP contribution in [0.2, 0.25) is 0 Å². The zero-order chi connectivity index (χ0) is 19.1. The Hall–Kier alpha value is -3.22. The van der Waals surface area contributed by atoms with Crippen LogP contribution in [0.25, 0.3) is 16.8 Å². The average Bonchev–Trinajstić information content (AvgIpc) is 3.51. The van der Waals surface area contributed by atoms with Gasteiger partial charge in [0.25, 0.3) is 5.91 Å². The van der Waals surface area contributed by atoms with Crippen molar-refractivity contribution in [2.75, 3.05) is 13.7 Å². The number of carbonyl (C=O) groups is 1. The van der Waals surface area contributed by atoms with Gasteiger partial charge in [0.2, 0.25) is 0 Å². The maximum Gasteiger partial charge on any atom is 0.254 e. The number of ether oxygens (including phenoxy) is 1. The van der Waals surface area contributed by atoms with Gasteiger partial charge in [0.1, 0.15) is 12.1 Å². The SMILES string of the molecule is COc1ccc(-c2cc(C(=O)N3C[C@@H]4CC[C@@H]3C4)cc(-n3cnnn3)c2)cc1. The molecule has 7 heteroatoms. The highest BCUT2D eigenvalue weighted by Crippen LogP contribution is 2.38. The Kier molecular flexibility index (Phi) is 4.07. The topological polar surface area (TPSA) is 73.1 Å². The Morgan fingerprint density at radius 3 is 2.61 bits per heavy atom. The van der Waals surface area contributed by atoms with E-state index in [1.807, 2.05) is 47.4 Å². The highest BCUT2D eigenvalue weighted by atomic mass is 16.5. The van der Waals surface area contributed by atoms with E-state index >= 15 is 0 Å². The number of benzene rings is 2. The molecule has 0 N–H and O–H groups in total. The van der Waals surface area contributed by atoms with Gasteiger partial charge in [-0.3, -0.25) is 4.79 Å². The highest BCUT2D eigenvalue weighted by molar-refractivity contribution is 5.96. The van der Waals surface area contributed by atoms with E-state index in [2.05, 4.69) is 15.5 Å². The smallest absolute Gasteiger partial charge is 0.254 e. The number of aromatic nitrogens is 4. The quantitative estimate of drug-likeness (QED) is 0.701. The first-order valence-electron chi connectivity index (χ1n) is 9.55. The van der Waals surface area contributed by atoms with Gasteiger partial charge in [-0.2, -0.15) is 0 Å². The molecule has 28 heavy (non-hydrogen) atoms. The van der Waals surface area contributed by atoms with Crippen LogP contribution in [0, 0.1) is 5.92 Å². The van der Waals surface area contributed by atoms with Crippen molar-refractivity contribution in [3.63, 3.8) is 0 Å². The van der Waals surface area contributed by atoms with Crippen LogP contribution >= 0.6 is 0 Å². The summed E-state index contributed by atoms with van der Waals surface area (Å²) in [5, 5.41) is 11.4. The number of fused-ring (bicyclic) bond motifs is 2. The van der Waals surface area contributed by atoms with Crippen LogP contribution in [0.3, 0.4) is 0 Å². The fourth-order valence-corrected chi connectivity index (χ4v) is 4.44. The van der Waals surface area contributed by atoms with Crippen molar-refractivity contribution >= 4 is 5.91 Å². The van der Waals surface area contributed by atoms with E-state index in [0.717, 1.165) is 42.0 Å². The summed E-state index contributed by atoms with van der Waals surface area (Å²) in [7, 11) is 1.65. The number of amides is 1. The van der Waals surface area contributed by atoms with Gasteiger partial charge in [0.05, 0.1) is 12.8 Å². The molecule has 0 spiro atoms. The molecule has 1 saturated carbocycles.